The molecule has 0 radical (unpaired) electrons. The van der Waals surface area contributed by atoms with Gasteiger partial charge in [-0.2, -0.15) is 0 Å². The van der Waals surface area contributed by atoms with Crippen molar-refractivity contribution >= 4 is 28.1 Å². The van der Waals surface area contributed by atoms with Crippen molar-refractivity contribution in [2.45, 2.75) is 11.1 Å². The zero-order chi connectivity index (χ0) is 10.8. The molecule has 2 N–H and O–H groups in total. The molecule has 2 aromatic rings. The molecule has 2 rings (SSSR count). The highest BCUT2D eigenvalue weighted by Crippen LogP contribution is 2.42. The van der Waals surface area contributed by atoms with Crippen molar-refractivity contribution < 1.29 is 0 Å². The van der Waals surface area contributed by atoms with Crippen molar-refractivity contribution in [3.8, 4) is 11.1 Å². The lowest BCUT2D eigenvalue weighted by atomic mass is 10.1. The number of hydrogen-bond donors (Lipinski definition) is 1. The fraction of sp³-hybridized carbons (Fsp3) is 0.167. The van der Waals surface area contributed by atoms with Gasteiger partial charge in [-0.3, -0.25) is 0 Å². The van der Waals surface area contributed by atoms with E-state index in [4.69, 9.17) is 5.73 Å². The normalized spacial score (nSPS) is 10.5. The smallest absolute Gasteiger partial charge is 0.0950 e. The fourth-order valence-corrected chi connectivity index (χ4v) is 3.51. The van der Waals surface area contributed by atoms with Crippen molar-refractivity contribution in [2.24, 2.45) is 0 Å². The Bertz CT molecular complexity index is 460. The minimum atomic E-state index is 0.919. The molecular weight excluding hydrogens is 222 g/mol. The molecule has 0 bridgehead atoms. The van der Waals surface area contributed by atoms with Gasteiger partial charge in [0, 0.05) is 5.56 Å². The average Bonchev–Trinajstić information content (AvgIpc) is 2.55. The van der Waals surface area contributed by atoms with Crippen molar-refractivity contribution in [3.05, 3.63) is 35.9 Å². The topological polar surface area (TPSA) is 26.0 Å². The molecule has 0 atom stereocenters. The standard InChI is InChI=1S/C12H13NS2/c1-8-10(9-6-4-3-5-7-9)11(13)15-12(8)14-2/h3-7H,13H2,1-2H3. The largest absolute Gasteiger partial charge is 0.390 e. The number of thiophene rings is 1. The van der Waals surface area contributed by atoms with Crippen LogP contribution in [0.5, 0.6) is 0 Å². The van der Waals surface area contributed by atoms with Crippen LogP contribution in [0.3, 0.4) is 0 Å². The molecule has 0 aliphatic carbocycles. The fourth-order valence-electron chi connectivity index (χ4n) is 1.67. The molecule has 1 heterocycles. The van der Waals surface area contributed by atoms with Gasteiger partial charge in [0.05, 0.1) is 9.21 Å². The molecule has 0 unspecified atom stereocenters. The number of anilines is 1. The molecule has 15 heavy (non-hydrogen) atoms. The Morgan fingerprint density at radius 3 is 2.40 bits per heavy atom. The first-order valence-electron chi connectivity index (χ1n) is 4.72. The van der Waals surface area contributed by atoms with Gasteiger partial charge in [-0.15, -0.1) is 23.1 Å². The number of thioether (sulfide) groups is 1. The summed E-state index contributed by atoms with van der Waals surface area (Å²) in [5, 5.41) is 0.919. The Labute approximate surface area is 98.3 Å². The van der Waals surface area contributed by atoms with Crippen molar-refractivity contribution in [1.82, 2.24) is 0 Å². The monoisotopic (exact) mass is 235 g/mol. The minimum absolute atomic E-state index is 0.919. The predicted octanol–water partition coefficient (Wildman–Crippen LogP) is 4.03. The molecule has 0 saturated heterocycles. The van der Waals surface area contributed by atoms with Gasteiger partial charge >= 0.3 is 0 Å². The van der Waals surface area contributed by atoms with E-state index in [-0.39, 0.29) is 0 Å². The Hall–Kier alpha value is -0.930. The SMILES string of the molecule is CSc1sc(N)c(-c2ccccc2)c1C. The summed E-state index contributed by atoms with van der Waals surface area (Å²) in [7, 11) is 0. The second kappa shape index (κ2) is 4.29. The zero-order valence-corrected chi connectivity index (χ0v) is 10.4. The van der Waals surface area contributed by atoms with Gasteiger partial charge in [0.25, 0.3) is 0 Å². The van der Waals surface area contributed by atoms with Gasteiger partial charge in [-0.1, -0.05) is 30.3 Å². The van der Waals surface area contributed by atoms with E-state index < -0.39 is 0 Å². The van der Waals surface area contributed by atoms with Crippen LogP contribution in [0.25, 0.3) is 11.1 Å². The second-order valence-electron chi connectivity index (χ2n) is 3.32. The van der Waals surface area contributed by atoms with Crippen LogP contribution in [0, 0.1) is 6.92 Å². The zero-order valence-electron chi connectivity index (χ0n) is 8.78. The summed E-state index contributed by atoms with van der Waals surface area (Å²) in [6.45, 7) is 2.14. The van der Waals surface area contributed by atoms with Crippen LogP contribution < -0.4 is 5.73 Å². The Morgan fingerprint density at radius 2 is 1.87 bits per heavy atom. The van der Waals surface area contributed by atoms with E-state index >= 15 is 0 Å². The van der Waals surface area contributed by atoms with E-state index in [1.165, 1.54) is 20.9 Å². The van der Waals surface area contributed by atoms with Crippen molar-refractivity contribution in [2.75, 3.05) is 12.0 Å². The molecule has 1 aromatic heterocycles. The highest BCUT2D eigenvalue weighted by atomic mass is 32.2. The molecule has 1 aromatic carbocycles. The summed E-state index contributed by atoms with van der Waals surface area (Å²) in [6, 6.07) is 10.3. The van der Waals surface area contributed by atoms with Gasteiger partial charge in [-0.25, -0.2) is 0 Å². The molecule has 1 nitrogen and oxygen atoms in total. The first-order valence-corrected chi connectivity index (χ1v) is 6.76. The number of hydrogen-bond acceptors (Lipinski definition) is 3. The van der Waals surface area contributed by atoms with Crippen molar-refractivity contribution in [3.63, 3.8) is 0 Å². The van der Waals surface area contributed by atoms with E-state index in [2.05, 4.69) is 25.3 Å². The maximum atomic E-state index is 6.05. The Kier molecular flexibility index (Phi) is 3.03. The third-order valence-corrected chi connectivity index (χ3v) is 4.72. The van der Waals surface area contributed by atoms with Crippen LogP contribution in [0.1, 0.15) is 5.56 Å². The molecule has 0 amide bonds. The van der Waals surface area contributed by atoms with Crippen LogP contribution in [0.4, 0.5) is 5.00 Å². The molecule has 0 fully saturated rings. The minimum Gasteiger partial charge on any atom is -0.390 e. The highest BCUT2D eigenvalue weighted by Gasteiger charge is 2.13. The quantitative estimate of drug-likeness (QED) is 0.795. The summed E-state index contributed by atoms with van der Waals surface area (Å²) >= 11 is 3.44. The van der Waals surface area contributed by atoms with Crippen LogP contribution in [-0.2, 0) is 0 Å². The Balaban J connectivity index is 2.58. The Morgan fingerprint density at radius 1 is 1.20 bits per heavy atom. The molecule has 78 valence electrons. The predicted molar refractivity (Wildman–Crippen MR) is 70.7 cm³/mol. The summed E-state index contributed by atoms with van der Waals surface area (Å²) in [5.41, 5.74) is 9.77. The third kappa shape index (κ3) is 1.90. The summed E-state index contributed by atoms with van der Waals surface area (Å²) in [5.74, 6) is 0. The molecule has 0 aliphatic heterocycles. The van der Waals surface area contributed by atoms with E-state index in [1.54, 1.807) is 23.1 Å². The molecule has 3 heteroatoms. The summed E-state index contributed by atoms with van der Waals surface area (Å²) in [6.07, 6.45) is 2.09. The van der Waals surface area contributed by atoms with Gasteiger partial charge < -0.3 is 5.73 Å². The van der Waals surface area contributed by atoms with E-state index in [0.29, 0.717) is 0 Å². The molecular formula is C12H13NS2. The molecule has 0 saturated carbocycles. The van der Waals surface area contributed by atoms with Crippen LogP contribution in [0.15, 0.2) is 34.5 Å². The maximum absolute atomic E-state index is 6.05. The van der Waals surface area contributed by atoms with Gasteiger partial charge in [0.2, 0.25) is 0 Å². The van der Waals surface area contributed by atoms with Crippen LogP contribution >= 0.6 is 23.1 Å². The first kappa shape index (κ1) is 10.6. The molecule has 0 spiro atoms. The second-order valence-corrected chi connectivity index (χ2v) is 5.45. The summed E-state index contributed by atoms with van der Waals surface area (Å²) in [4.78, 5) is 0. The highest BCUT2D eigenvalue weighted by molar-refractivity contribution is 8.00. The molecule has 0 aliphatic rings. The lowest BCUT2D eigenvalue weighted by molar-refractivity contribution is 1.43. The van der Waals surface area contributed by atoms with Crippen molar-refractivity contribution in [1.29, 1.82) is 0 Å². The summed E-state index contributed by atoms with van der Waals surface area (Å²) < 4.78 is 1.31. The number of nitrogen functional groups attached to an aromatic ring is 1. The van der Waals surface area contributed by atoms with E-state index in [9.17, 15) is 0 Å². The first-order chi connectivity index (χ1) is 7.24. The van der Waals surface area contributed by atoms with Crippen LogP contribution in [0.2, 0.25) is 0 Å². The van der Waals surface area contributed by atoms with Gasteiger partial charge in [-0.05, 0) is 24.3 Å². The maximum Gasteiger partial charge on any atom is 0.0950 e. The van der Waals surface area contributed by atoms with E-state index in [0.717, 1.165) is 5.00 Å². The average molecular weight is 235 g/mol. The number of nitrogens with two attached hydrogens (primary N) is 1. The lowest BCUT2D eigenvalue weighted by Gasteiger charge is -2.02. The number of rotatable bonds is 2. The lowest BCUT2D eigenvalue weighted by Crippen LogP contribution is -1.85. The van der Waals surface area contributed by atoms with Gasteiger partial charge in [0.15, 0.2) is 0 Å². The third-order valence-electron chi connectivity index (χ3n) is 2.38. The van der Waals surface area contributed by atoms with Gasteiger partial charge in [0.1, 0.15) is 0 Å². The number of benzene rings is 1. The van der Waals surface area contributed by atoms with Crippen LogP contribution in [-0.4, -0.2) is 6.26 Å². The van der Waals surface area contributed by atoms with E-state index in [1.807, 2.05) is 18.2 Å².